The SMILES string of the molecule is CC(C)N(C(C)C)[PH](O)(OCCC#N)N(C(C)C)C(C)C. The van der Waals surface area contributed by atoms with Crippen LogP contribution in [0.25, 0.3) is 0 Å². The van der Waals surface area contributed by atoms with Crippen molar-refractivity contribution in [1.82, 2.24) is 9.34 Å². The van der Waals surface area contributed by atoms with Crippen molar-refractivity contribution >= 4 is 8.02 Å². The molecule has 0 aliphatic heterocycles. The van der Waals surface area contributed by atoms with E-state index >= 15 is 0 Å². The van der Waals surface area contributed by atoms with Crippen LogP contribution in [0.1, 0.15) is 61.8 Å². The molecule has 0 aromatic rings. The Morgan fingerprint density at radius 3 is 1.48 bits per heavy atom. The van der Waals surface area contributed by atoms with E-state index in [0.29, 0.717) is 6.42 Å². The fourth-order valence-corrected chi connectivity index (χ4v) is 6.69. The monoisotopic (exact) mass is 319 g/mol. The van der Waals surface area contributed by atoms with E-state index in [-0.39, 0.29) is 30.8 Å². The minimum atomic E-state index is -3.28. The van der Waals surface area contributed by atoms with Gasteiger partial charge in [0.15, 0.2) is 0 Å². The molecule has 0 saturated carbocycles. The summed E-state index contributed by atoms with van der Waals surface area (Å²) in [4.78, 5) is 11.5. The molecule has 21 heavy (non-hydrogen) atoms. The van der Waals surface area contributed by atoms with Crippen molar-refractivity contribution in [3.8, 4) is 6.07 Å². The summed E-state index contributed by atoms with van der Waals surface area (Å²) in [5, 5.41) is 8.75. The number of nitriles is 1. The molecule has 0 amide bonds. The van der Waals surface area contributed by atoms with Crippen LogP contribution in [0.2, 0.25) is 0 Å². The summed E-state index contributed by atoms with van der Waals surface area (Å²) in [6.07, 6.45) is 0.295. The molecule has 0 saturated heterocycles. The van der Waals surface area contributed by atoms with Crippen molar-refractivity contribution in [3.05, 3.63) is 0 Å². The molecule has 0 aromatic carbocycles. The van der Waals surface area contributed by atoms with Crippen molar-refractivity contribution in [3.63, 3.8) is 0 Å². The second kappa shape index (κ2) is 9.02. The molecule has 5 nitrogen and oxygen atoms in total. The van der Waals surface area contributed by atoms with Gasteiger partial charge in [-0.3, -0.25) is 0 Å². The average Bonchev–Trinajstić information content (AvgIpc) is 2.26. The number of hydrogen-bond donors (Lipinski definition) is 1. The number of nitrogens with zero attached hydrogens (tertiary/aromatic N) is 3. The van der Waals surface area contributed by atoms with Crippen LogP contribution in [-0.2, 0) is 4.52 Å². The first-order chi connectivity index (χ1) is 9.59. The van der Waals surface area contributed by atoms with Gasteiger partial charge in [-0.05, 0) is 0 Å². The van der Waals surface area contributed by atoms with Crippen LogP contribution in [-0.4, -0.2) is 45.0 Å². The van der Waals surface area contributed by atoms with Gasteiger partial charge in [0, 0.05) is 0 Å². The average molecular weight is 319 g/mol. The molecule has 1 N–H and O–H groups in total. The Morgan fingerprint density at radius 2 is 1.24 bits per heavy atom. The van der Waals surface area contributed by atoms with Crippen molar-refractivity contribution in [1.29, 1.82) is 5.26 Å². The molecule has 6 heteroatoms. The first-order valence-electron chi connectivity index (χ1n) is 7.89. The molecule has 0 aromatic heterocycles. The fraction of sp³-hybridized carbons (Fsp3) is 0.933. The molecule has 0 bridgehead atoms. The van der Waals surface area contributed by atoms with E-state index < -0.39 is 8.02 Å². The Bertz CT molecular complexity index is 304. The Labute approximate surface area is 131 Å². The van der Waals surface area contributed by atoms with E-state index in [2.05, 4.69) is 70.8 Å². The van der Waals surface area contributed by atoms with Crippen molar-refractivity contribution in [2.24, 2.45) is 0 Å². The first kappa shape index (κ1) is 20.8. The molecule has 0 aliphatic carbocycles. The fourth-order valence-electron chi connectivity index (χ4n) is 3.05. The zero-order chi connectivity index (χ0) is 16.8. The third kappa shape index (κ3) is 5.47. The van der Waals surface area contributed by atoms with Gasteiger partial charge in [-0.15, -0.1) is 0 Å². The van der Waals surface area contributed by atoms with E-state index in [1.807, 2.05) is 0 Å². The molecular weight excluding hydrogens is 285 g/mol. The van der Waals surface area contributed by atoms with Crippen LogP contribution in [0.5, 0.6) is 0 Å². The van der Waals surface area contributed by atoms with Crippen molar-refractivity contribution in [2.45, 2.75) is 86.0 Å². The van der Waals surface area contributed by atoms with Gasteiger partial charge in [0.2, 0.25) is 0 Å². The van der Waals surface area contributed by atoms with Gasteiger partial charge in [0.1, 0.15) is 0 Å². The van der Waals surface area contributed by atoms with Crippen LogP contribution in [0.4, 0.5) is 0 Å². The van der Waals surface area contributed by atoms with Crippen LogP contribution >= 0.6 is 8.02 Å². The molecule has 0 atom stereocenters. The summed E-state index contributed by atoms with van der Waals surface area (Å²) < 4.78 is 10.1. The normalized spacial score (nSPS) is 14.0. The van der Waals surface area contributed by atoms with Gasteiger partial charge in [-0.25, -0.2) is 0 Å². The molecule has 0 radical (unpaired) electrons. The number of rotatable bonds is 9. The molecule has 0 unspecified atom stereocenters. The quantitative estimate of drug-likeness (QED) is 0.520. The second-order valence-corrected chi connectivity index (χ2v) is 8.99. The summed E-state index contributed by atoms with van der Waals surface area (Å²) in [5.74, 6) is 0. The summed E-state index contributed by atoms with van der Waals surface area (Å²) in [5.41, 5.74) is 0. The minimum absolute atomic E-state index is 0.170. The Kier molecular flexibility index (Phi) is 8.92. The molecular formula is C15H34N3O2P. The topological polar surface area (TPSA) is 59.7 Å². The zero-order valence-electron chi connectivity index (χ0n) is 14.9. The molecule has 0 heterocycles. The van der Waals surface area contributed by atoms with Gasteiger partial charge >= 0.3 is 131 Å². The van der Waals surface area contributed by atoms with Crippen LogP contribution in [0, 0.1) is 11.3 Å². The van der Waals surface area contributed by atoms with E-state index in [1.165, 1.54) is 0 Å². The predicted octanol–water partition coefficient (Wildman–Crippen LogP) is 3.56. The zero-order valence-corrected chi connectivity index (χ0v) is 15.9. The molecule has 0 rings (SSSR count). The maximum atomic E-state index is 11.5. The van der Waals surface area contributed by atoms with Crippen LogP contribution in [0.3, 0.4) is 0 Å². The summed E-state index contributed by atoms with van der Waals surface area (Å²) in [6, 6.07) is 2.76. The van der Waals surface area contributed by atoms with E-state index in [0.717, 1.165) is 0 Å². The molecule has 0 fully saturated rings. The van der Waals surface area contributed by atoms with Crippen LogP contribution in [0.15, 0.2) is 0 Å². The number of hydrogen-bond acceptors (Lipinski definition) is 5. The van der Waals surface area contributed by atoms with Crippen molar-refractivity contribution < 1.29 is 9.42 Å². The van der Waals surface area contributed by atoms with Gasteiger partial charge in [-0.1, -0.05) is 0 Å². The Balaban J connectivity index is 5.67. The summed E-state index contributed by atoms with van der Waals surface area (Å²) in [7, 11) is -3.28. The van der Waals surface area contributed by atoms with Gasteiger partial charge < -0.3 is 0 Å². The van der Waals surface area contributed by atoms with Crippen LogP contribution < -0.4 is 0 Å². The van der Waals surface area contributed by atoms with E-state index in [1.54, 1.807) is 0 Å². The summed E-state index contributed by atoms with van der Waals surface area (Å²) in [6.45, 7) is 16.9. The van der Waals surface area contributed by atoms with Gasteiger partial charge in [-0.2, -0.15) is 0 Å². The molecule has 0 spiro atoms. The Hall–Kier alpha value is -0.240. The predicted molar refractivity (Wildman–Crippen MR) is 90.9 cm³/mol. The molecule has 0 aliphatic rings. The maximum absolute atomic E-state index is 11.5. The van der Waals surface area contributed by atoms with Crippen molar-refractivity contribution in [2.75, 3.05) is 6.61 Å². The van der Waals surface area contributed by atoms with E-state index in [4.69, 9.17) is 9.79 Å². The van der Waals surface area contributed by atoms with Gasteiger partial charge in [0.05, 0.1) is 0 Å². The summed E-state index contributed by atoms with van der Waals surface area (Å²) >= 11 is 0. The third-order valence-corrected chi connectivity index (χ3v) is 7.41. The van der Waals surface area contributed by atoms with E-state index in [9.17, 15) is 4.89 Å². The first-order valence-corrected chi connectivity index (χ1v) is 9.64. The standard InChI is InChI=1S/C15H34N3O2P/c1-12(2)17(13(3)4)21(19,20-11-9-10-16)18(14(5)6)15(7)8/h12-15,19,21H,9,11H2,1-8H3. The molecule has 126 valence electrons. The van der Waals surface area contributed by atoms with Gasteiger partial charge in [0.25, 0.3) is 0 Å². The third-order valence-electron chi connectivity index (χ3n) is 3.41. The second-order valence-electron chi connectivity index (χ2n) is 6.52. The Morgan fingerprint density at radius 1 is 0.905 bits per heavy atom.